The molecule has 136 valence electrons. The van der Waals surface area contributed by atoms with Crippen molar-refractivity contribution in [3.8, 4) is 17.1 Å². The maximum absolute atomic E-state index is 12.7. The van der Waals surface area contributed by atoms with Crippen LogP contribution < -0.4 is 4.74 Å². The molecule has 0 spiro atoms. The van der Waals surface area contributed by atoms with Crippen molar-refractivity contribution in [2.75, 3.05) is 14.2 Å². The summed E-state index contributed by atoms with van der Waals surface area (Å²) in [5.74, 6) is 1.98. The average Bonchev–Trinajstić information content (AvgIpc) is 3.31. The number of likely N-dealkylation sites (N-methyl/N-ethyl adjacent to an activating group) is 1. The molecule has 7 nitrogen and oxygen atoms in total. The number of aromatic nitrogens is 3. The van der Waals surface area contributed by atoms with E-state index in [1.807, 2.05) is 37.3 Å². The molecule has 0 aliphatic heterocycles. The molecule has 0 saturated carbocycles. The van der Waals surface area contributed by atoms with Gasteiger partial charge in [-0.3, -0.25) is 14.5 Å². The standard InChI is InChI=1S/C18H20N4O3S/c1-12(15-5-4-10-25-15)21(2)16(23)11-22-17(19-20-18(22)26)13-6-8-14(24-3)9-7-13/h4-10,12H,11H2,1-3H3,(H,20,26). The first-order valence-corrected chi connectivity index (χ1v) is 8.50. The molecule has 1 atom stereocenters. The van der Waals surface area contributed by atoms with Crippen LogP contribution in [-0.2, 0) is 11.3 Å². The molecule has 26 heavy (non-hydrogen) atoms. The van der Waals surface area contributed by atoms with Gasteiger partial charge < -0.3 is 14.1 Å². The maximum Gasteiger partial charge on any atom is 0.243 e. The lowest BCUT2D eigenvalue weighted by Crippen LogP contribution is -2.32. The van der Waals surface area contributed by atoms with Gasteiger partial charge in [0.05, 0.1) is 19.4 Å². The molecule has 8 heteroatoms. The third kappa shape index (κ3) is 3.55. The second kappa shape index (κ2) is 7.57. The zero-order valence-corrected chi connectivity index (χ0v) is 15.6. The van der Waals surface area contributed by atoms with Crippen molar-refractivity contribution in [3.63, 3.8) is 0 Å². The van der Waals surface area contributed by atoms with E-state index >= 15 is 0 Å². The number of carbonyl (C=O) groups excluding carboxylic acids is 1. The lowest BCUT2D eigenvalue weighted by molar-refractivity contribution is -0.132. The lowest BCUT2D eigenvalue weighted by Gasteiger charge is -2.23. The van der Waals surface area contributed by atoms with E-state index in [1.54, 1.807) is 36.0 Å². The van der Waals surface area contributed by atoms with Crippen LogP contribution >= 0.6 is 12.2 Å². The molecule has 0 radical (unpaired) electrons. The smallest absolute Gasteiger partial charge is 0.243 e. The number of nitrogens with zero attached hydrogens (tertiary/aromatic N) is 3. The highest BCUT2D eigenvalue weighted by atomic mass is 32.1. The summed E-state index contributed by atoms with van der Waals surface area (Å²) >= 11 is 5.30. The Bertz CT molecular complexity index is 928. The second-order valence-electron chi connectivity index (χ2n) is 5.86. The van der Waals surface area contributed by atoms with Crippen LogP contribution in [0, 0.1) is 4.77 Å². The zero-order chi connectivity index (χ0) is 18.7. The first-order chi connectivity index (χ1) is 12.5. The summed E-state index contributed by atoms with van der Waals surface area (Å²) in [6, 6.07) is 10.9. The molecule has 0 bridgehead atoms. The molecule has 0 aliphatic carbocycles. The monoisotopic (exact) mass is 372 g/mol. The molecule has 0 fully saturated rings. The quantitative estimate of drug-likeness (QED) is 0.671. The summed E-state index contributed by atoms with van der Waals surface area (Å²) in [7, 11) is 3.35. The van der Waals surface area contributed by atoms with Gasteiger partial charge in [0, 0.05) is 12.6 Å². The second-order valence-corrected chi connectivity index (χ2v) is 6.25. The van der Waals surface area contributed by atoms with E-state index in [0.717, 1.165) is 17.1 Å². The topological polar surface area (TPSA) is 76.3 Å². The molecule has 1 N–H and O–H groups in total. The van der Waals surface area contributed by atoms with Crippen LogP contribution in [-0.4, -0.2) is 39.7 Å². The highest BCUT2D eigenvalue weighted by molar-refractivity contribution is 7.71. The van der Waals surface area contributed by atoms with Crippen molar-refractivity contribution >= 4 is 18.1 Å². The number of rotatable bonds is 6. The Labute approximate surface area is 156 Å². The molecule has 3 aromatic rings. The number of hydrogen-bond acceptors (Lipinski definition) is 5. The number of furan rings is 1. The Hall–Kier alpha value is -2.87. The van der Waals surface area contributed by atoms with Crippen LogP contribution in [0.1, 0.15) is 18.7 Å². The Morgan fingerprint density at radius 1 is 1.38 bits per heavy atom. The molecule has 1 amide bonds. The van der Waals surface area contributed by atoms with Crippen molar-refractivity contribution < 1.29 is 13.9 Å². The van der Waals surface area contributed by atoms with E-state index in [2.05, 4.69) is 10.2 Å². The number of ether oxygens (including phenoxy) is 1. The Balaban J connectivity index is 1.82. The number of H-pyrrole nitrogens is 1. The fraction of sp³-hybridized carbons (Fsp3) is 0.278. The molecule has 1 aromatic carbocycles. The number of hydrogen-bond donors (Lipinski definition) is 1. The fourth-order valence-electron chi connectivity index (χ4n) is 2.61. The number of methoxy groups -OCH3 is 1. The van der Waals surface area contributed by atoms with Gasteiger partial charge in [0.25, 0.3) is 0 Å². The summed E-state index contributed by atoms with van der Waals surface area (Å²) < 4.78 is 12.6. The number of amides is 1. The van der Waals surface area contributed by atoms with E-state index in [9.17, 15) is 4.79 Å². The number of aromatic amines is 1. The molecule has 2 heterocycles. The molecule has 2 aromatic heterocycles. The van der Waals surface area contributed by atoms with Crippen LogP contribution in [0.4, 0.5) is 0 Å². The first kappa shape index (κ1) is 17.9. The summed E-state index contributed by atoms with van der Waals surface area (Å²) in [4.78, 5) is 14.4. The van der Waals surface area contributed by atoms with E-state index in [4.69, 9.17) is 21.4 Å². The molecule has 0 saturated heterocycles. The first-order valence-electron chi connectivity index (χ1n) is 8.10. The van der Waals surface area contributed by atoms with Gasteiger partial charge in [-0.25, -0.2) is 0 Å². The minimum Gasteiger partial charge on any atom is -0.497 e. The predicted octanol–water partition coefficient (Wildman–Crippen LogP) is 3.43. The van der Waals surface area contributed by atoms with Gasteiger partial charge in [-0.05, 0) is 55.5 Å². The SMILES string of the molecule is COc1ccc(-c2n[nH]c(=S)n2CC(=O)N(C)C(C)c2ccco2)cc1. The van der Waals surface area contributed by atoms with Gasteiger partial charge in [-0.15, -0.1) is 0 Å². The number of nitrogens with one attached hydrogen (secondary N) is 1. The van der Waals surface area contributed by atoms with Crippen molar-refractivity contribution in [1.82, 2.24) is 19.7 Å². The fourth-order valence-corrected chi connectivity index (χ4v) is 2.80. The Kier molecular flexibility index (Phi) is 5.22. The van der Waals surface area contributed by atoms with Crippen molar-refractivity contribution in [2.24, 2.45) is 0 Å². The van der Waals surface area contributed by atoms with E-state index in [1.165, 1.54) is 0 Å². The molecule has 3 rings (SSSR count). The van der Waals surface area contributed by atoms with E-state index < -0.39 is 0 Å². The van der Waals surface area contributed by atoms with Gasteiger partial charge in [-0.1, -0.05) is 0 Å². The van der Waals surface area contributed by atoms with Gasteiger partial charge >= 0.3 is 0 Å². The van der Waals surface area contributed by atoms with Gasteiger partial charge in [0.2, 0.25) is 5.91 Å². The number of carbonyl (C=O) groups is 1. The summed E-state index contributed by atoms with van der Waals surface area (Å²) in [6.45, 7) is 1.99. The minimum atomic E-state index is -0.178. The zero-order valence-electron chi connectivity index (χ0n) is 14.8. The summed E-state index contributed by atoms with van der Waals surface area (Å²) in [6.07, 6.45) is 1.60. The summed E-state index contributed by atoms with van der Waals surface area (Å²) in [5.41, 5.74) is 0.840. The van der Waals surface area contributed by atoms with Crippen molar-refractivity contribution in [1.29, 1.82) is 0 Å². The molecule has 1 unspecified atom stereocenters. The highest BCUT2D eigenvalue weighted by Gasteiger charge is 2.21. The predicted molar refractivity (Wildman–Crippen MR) is 99.3 cm³/mol. The van der Waals surface area contributed by atoms with Crippen LogP contribution in [0.15, 0.2) is 47.1 Å². The molecular weight excluding hydrogens is 352 g/mol. The van der Waals surface area contributed by atoms with Crippen LogP contribution in [0.3, 0.4) is 0 Å². The minimum absolute atomic E-state index is 0.0816. The Morgan fingerprint density at radius 2 is 2.12 bits per heavy atom. The Morgan fingerprint density at radius 3 is 2.73 bits per heavy atom. The van der Waals surface area contributed by atoms with Gasteiger partial charge in [0.15, 0.2) is 10.6 Å². The van der Waals surface area contributed by atoms with E-state index in [0.29, 0.717) is 10.6 Å². The number of benzene rings is 1. The average molecular weight is 372 g/mol. The summed E-state index contributed by atoms with van der Waals surface area (Å²) in [5, 5.41) is 7.02. The van der Waals surface area contributed by atoms with Crippen LogP contribution in [0.2, 0.25) is 0 Å². The molecular formula is C18H20N4O3S. The lowest BCUT2D eigenvalue weighted by atomic mass is 10.2. The normalized spacial score (nSPS) is 12.0. The maximum atomic E-state index is 12.7. The largest absolute Gasteiger partial charge is 0.497 e. The van der Waals surface area contributed by atoms with Crippen molar-refractivity contribution in [2.45, 2.75) is 19.5 Å². The van der Waals surface area contributed by atoms with Crippen LogP contribution in [0.5, 0.6) is 5.75 Å². The van der Waals surface area contributed by atoms with Gasteiger partial charge in [-0.2, -0.15) is 5.10 Å². The third-order valence-electron chi connectivity index (χ3n) is 4.33. The highest BCUT2D eigenvalue weighted by Crippen LogP contribution is 2.22. The molecule has 0 aliphatic rings. The third-order valence-corrected chi connectivity index (χ3v) is 4.64. The van der Waals surface area contributed by atoms with Crippen LogP contribution in [0.25, 0.3) is 11.4 Å². The van der Waals surface area contributed by atoms with E-state index in [-0.39, 0.29) is 18.5 Å². The van der Waals surface area contributed by atoms with Gasteiger partial charge in [0.1, 0.15) is 18.1 Å². The van der Waals surface area contributed by atoms with Crippen molar-refractivity contribution in [3.05, 3.63) is 53.2 Å².